The third-order valence-corrected chi connectivity index (χ3v) is 3.95. The van der Waals surface area contributed by atoms with Gasteiger partial charge >= 0.3 is 0 Å². The molecule has 0 atom stereocenters. The van der Waals surface area contributed by atoms with Crippen molar-refractivity contribution in [2.24, 2.45) is 5.73 Å². The zero-order chi connectivity index (χ0) is 18.4. The molecular weight excluding hydrogens is 324 g/mol. The molecule has 3 aromatic rings. The van der Waals surface area contributed by atoms with Gasteiger partial charge in [-0.2, -0.15) is 0 Å². The van der Waals surface area contributed by atoms with Crippen LogP contribution in [0, 0.1) is 0 Å². The average Bonchev–Trinajstić information content (AvgIpc) is 2.67. The van der Waals surface area contributed by atoms with Gasteiger partial charge < -0.3 is 15.2 Å². The molecule has 26 heavy (non-hydrogen) atoms. The minimum absolute atomic E-state index is 0.0995. The van der Waals surface area contributed by atoms with E-state index in [-0.39, 0.29) is 6.10 Å². The summed E-state index contributed by atoms with van der Waals surface area (Å²) in [4.78, 5) is 4.42. The molecule has 2 N–H and O–H groups in total. The van der Waals surface area contributed by atoms with Crippen molar-refractivity contribution < 1.29 is 9.47 Å². The van der Waals surface area contributed by atoms with Crippen molar-refractivity contribution in [1.29, 1.82) is 0 Å². The summed E-state index contributed by atoms with van der Waals surface area (Å²) in [6, 6.07) is 20.0. The van der Waals surface area contributed by atoms with E-state index >= 15 is 0 Å². The van der Waals surface area contributed by atoms with Crippen molar-refractivity contribution >= 4 is 0 Å². The molecule has 0 bridgehead atoms. The molecule has 0 fully saturated rings. The Morgan fingerprint density at radius 3 is 2.38 bits per heavy atom. The summed E-state index contributed by atoms with van der Waals surface area (Å²) in [7, 11) is 0. The molecule has 0 radical (unpaired) electrons. The van der Waals surface area contributed by atoms with Gasteiger partial charge in [-0.25, -0.2) is 4.98 Å². The van der Waals surface area contributed by atoms with E-state index in [9.17, 15) is 0 Å². The molecule has 0 aliphatic carbocycles. The van der Waals surface area contributed by atoms with Gasteiger partial charge in [0.05, 0.1) is 6.10 Å². The SMILES string of the molecule is CC(C)Oc1cc(-c2ccc(OCc3ccccc3)nc2)ccc1CN. The highest BCUT2D eigenvalue weighted by atomic mass is 16.5. The lowest BCUT2D eigenvalue weighted by molar-refractivity contribution is 0.240. The first-order valence-corrected chi connectivity index (χ1v) is 8.78. The van der Waals surface area contributed by atoms with Gasteiger partial charge in [0.15, 0.2) is 0 Å². The molecule has 0 unspecified atom stereocenters. The van der Waals surface area contributed by atoms with E-state index in [2.05, 4.69) is 4.98 Å². The van der Waals surface area contributed by atoms with Crippen LogP contribution < -0.4 is 15.2 Å². The summed E-state index contributed by atoms with van der Waals surface area (Å²) in [6.07, 6.45) is 1.92. The van der Waals surface area contributed by atoms with E-state index < -0.39 is 0 Å². The Labute approximate surface area is 154 Å². The van der Waals surface area contributed by atoms with E-state index in [1.165, 1.54) is 0 Å². The average molecular weight is 348 g/mol. The first-order chi connectivity index (χ1) is 12.7. The molecule has 0 saturated carbocycles. The lowest BCUT2D eigenvalue weighted by Gasteiger charge is -2.15. The zero-order valence-corrected chi connectivity index (χ0v) is 15.2. The van der Waals surface area contributed by atoms with Crippen molar-refractivity contribution in [3.05, 3.63) is 78.0 Å². The fourth-order valence-corrected chi connectivity index (χ4v) is 2.63. The van der Waals surface area contributed by atoms with Crippen molar-refractivity contribution in [3.63, 3.8) is 0 Å². The summed E-state index contributed by atoms with van der Waals surface area (Å²) >= 11 is 0. The van der Waals surface area contributed by atoms with E-state index in [4.69, 9.17) is 15.2 Å². The molecule has 2 aromatic carbocycles. The quantitative estimate of drug-likeness (QED) is 0.679. The number of ether oxygens (including phenoxy) is 2. The Kier molecular flexibility index (Phi) is 5.87. The van der Waals surface area contributed by atoms with Crippen LogP contribution in [-0.2, 0) is 13.2 Å². The lowest BCUT2D eigenvalue weighted by atomic mass is 10.0. The van der Waals surface area contributed by atoms with Gasteiger partial charge in [0, 0.05) is 29.9 Å². The molecule has 0 spiro atoms. The van der Waals surface area contributed by atoms with Crippen molar-refractivity contribution in [2.75, 3.05) is 0 Å². The lowest BCUT2D eigenvalue weighted by Crippen LogP contribution is -2.09. The van der Waals surface area contributed by atoms with Crippen LogP contribution in [0.4, 0.5) is 0 Å². The standard InChI is InChI=1S/C22H24N2O2/c1-16(2)26-21-12-18(8-9-19(21)13-23)20-10-11-22(24-14-20)25-15-17-6-4-3-5-7-17/h3-12,14,16H,13,15,23H2,1-2H3. The molecule has 3 rings (SSSR count). The Bertz CT molecular complexity index is 831. The fraction of sp³-hybridized carbons (Fsp3) is 0.227. The van der Waals surface area contributed by atoms with Crippen LogP contribution in [0.3, 0.4) is 0 Å². The number of nitrogens with zero attached hydrogens (tertiary/aromatic N) is 1. The van der Waals surface area contributed by atoms with Crippen LogP contribution >= 0.6 is 0 Å². The van der Waals surface area contributed by atoms with E-state index in [1.807, 2.05) is 80.7 Å². The fourth-order valence-electron chi connectivity index (χ4n) is 2.63. The van der Waals surface area contributed by atoms with Gasteiger partial charge in [0.25, 0.3) is 0 Å². The monoisotopic (exact) mass is 348 g/mol. The number of hydrogen-bond donors (Lipinski definition) is 1. The third kappa shape index (κ3) is 4.61. The zero-order valence-electron chi connectivity index (χ0n) is 15.2. The summed E-state index contributed by atoms with van der Waals surface area (Å²) < 4.78 is 11.6. The minimum Gasteiger partial charge on any atom is -0.491 e. The normalized spacial score (nSPS) is 10.8. The number of pyridine rings is 1. The van der Waals surface area contributed by atoms with Crippen LogP contribution in [0.5, 0.6) is 11.6 Å². The van der Waals surface area contributed by atoms with Gasteiger partial charge in [-0.05, 0) is 37.1 Å². The number of nitrogens with two attached hydrogens (primary N) is 1. The van der Waals surface area contributed by atoms with Crippen molar-refractivity contribution in [2.45, 2.75) is 33.1 Å². The molecule has 0 aliphatic rings. The molecule has 4 nitrogen and oxygen atoms in total. The van der Waals surface area contributed by atoms with Crippen molar-refractivity contribution in [1.82, 2.24) is 4.98 Å². The second-order valence-electron chi connectivity index (χ2n) is 6.35. The molecule has 134 valence electrons. The molecule has 0 saturated heterocycles. The predicted molar refractivity (Wildman–Crippen MR) is 104 cm³/mol. The Morgan fingerprint density at radius 2 is 1.73 bits per heavy atom. The second-order valence-corrected chi connectivity index (χ2v) is 6.35. The molecule has 0 amide bonds. The van der Waals surface area contributed by atoms with Crippen LogP contribution in [0.15, 0.2) is 66.9 Å². The van der Waals surface area contributed by atoms with E-state index in [0.717, 1.165) is 28.0 Å². The van der Waals surface area contributed by atoms with Gasteiger partial charge in [0.1, 0.15) is 12.4 Å². The third-order valence-electron chi connectivity index (χ3n) is 3.95. The van der Waals surface area contributed by atoms with Crippen LogP contribution in [-0.4, -0.2) is 11.1 Å². The van der Waals surface area contributed by atoms with Crippen LogP contribution in [0.1, 0.15) is 25.0 Å². The molecule has 1 aromatic heterocycles. The molecule has 0 aliphatic heterocycles. The van der Waals surface area contributed by atoms with E-state index in [0.29, 0.717) is 19.0 Å². The highest BCUT2D eigenvalue weighted by Gasteiger charge is 2.08. The van der Waals surface area contributed by atoms with E-state index in [1.54, 1.807) is 0 Å². The van der Waals surface area contributed by atoms with Gasteiger partial charge in [-0.15, -0.1) is 0 Å². The maximum atomic E-state index is 5.88. The molecule has 1 heterocycles. The molecular formula is C22H24N2O2. The number of aromatic nitrogens is 1. The minimum atomic E-state index is 0.0995. The number of hydrogen-bond acceptors (Lipinski definition) is 4. The Balaban J connectivity index is 1.73. The summed E-state index contributed by atoms with van der Waals surface area (Å²) in [5.74, 6) is 1.43. The first-order valence-electron chi connectivity index (χ1n) is 8.78. The highest BCUT2D eigenvalue weighted by molar-refractivity contribution is 5.65. The topological polar surface area (TPSA) is 57.4 Å². The summed E-state index contributed by atoms with van der Waals surface area (Å²) in [6.45, 7) is 4.97. The number of rotatable bonds is 7. The number of benzene rings is 2. The summed E-state index contributed by atoms with van der Waals surface area (Å²) in [5.41, 5.74) is 9.97. The van der Waals surface area contributed by atoms with Crippen LogP contribution in [0.25, 0.3) is 11.1 Å². The largest absolute Gasteiger partial charge is 0.491 e. The maximum Gasteiger partial charge on any atom is 0.213 e. The Hall–Kier alpha value is -2.85. The van der Waals surface area contributed by atoms with Crippen molar-refractivity contribution in [3.8, 4) is 22.8 Å². The predicted octanol–water partition coefficient (Wildman–Crippen LogP) is 4.57. The highest BCUT2D eigenvalue weighted by Crippen LogP contribution is 2.28. The van der Waals surface area contributed by atoms with Gasteiger partial charge in [-0.1, -0.05) is 42.5 Å². The molecule has 4 heteroatoms. The second kappa shape index (κ2) is 8.50. The van der Waals surface area contributed by atoms with Gasteiger partial charge in [-0.3, -0.25) is 0 Å². The summed E-state index contributed by atoms with van der Waals surface area (Å²) in [5, 5.41) is 0. The first kappa shape index (κ1) is 18.0. The van der Waals surface area contributed by atoms with Crippen LogP contribution in [0.2, 0.25) is 0 Å². The van der Waals surface area contributed by atoms with Gasteiger partial charge in [0.2, 0.25) is 5.88 Å². The maximum absolute atomic E-state index is 5.88. The Morgan fingerprint density at radius 1 is 0.962 bits per heavy atom. The smallest absolute Gasteiger partial charge is 0.213 e.